The Bertz CT molecular complexity index is 548. The number of benzene rings is 2. The molecule has 0 spiro atoms. The molecule has 18 heavy (non-hydrogen) atoms. The third kappa shape index (κ3) is 1.92. The van der Waals surface area contributed by atoms with E-state index in [0.717, 1.165) is 13.1 Å². The fraction of sp³-hybridized carbons (Fsp3) is 0.200. The van der Waals surface area contributed by atoms with Gasteiger partial charge in [0.25, 0.3) is 0 Å². The van der Waals surface area contributed by atoms with Crippen molar-refractivity contribution < 1.29 is 4.39 Å². The minimum Gasteiger partial charge on any atom is -0.399 e. The predicted molar refractivity (Wildman–Crippen MR) is 72.2 cm³/mol. The highest BCUT2D eigenvalue weighted by Gasteiger charge is 2.29. The SMILES string of the molecule is Nc1ccc(F)c(N2CC(c3ccccc3)C2)c1. The van der Waals surface area contributed by atoms with Crippen LogP contribution in [0, 0.1) is 5.82 Å². The Balaban J connectivity index is 1.74. The molecular weight excluding hydrogens is 227 g/mol. The molecule has 1 heterocycles. The first kappa shape index (κ1) is 11.1. The van der Waals surface area contributed by atoms with Crippen LogP contribution in [0.15, 0.2) is 48.5 Å². The fourth-order valence-electron chi connectivity index (χ4n) is 2.38. The molecule has 3 heteroatoms. The average molecular weight is 242 g/mol. The Kier molecular flexibility index (Phi) is 2.67. The van der Waals surface area contributed by atoms with E-state index >= 15 is 0 Å². The van der Waals surface area contributed by atoms with E-state index in [4.69, 9.17) is 5.73 Å². The molecule has 92 valence electrons. The van der Waals surface area contributed by atoms with E-state index in [1.807, 2.05) is 23.1 Å². The number of anilines is 2. The van der Waals surface area contributed by atoms with Crippen LogP contribution in [-0.4, -0.2) is 13.1 Å². The summed E-state index contributed by atoms with van der Waals surface area (Å²) in [6, 6.07) is 15.1. The van der Waals surface area contributed by atoms with Crippen LogP contribution in [0.2, 0.25) is 0 Å². The van der Waals surface area contributed by atoms with E-state index in [-0.39, 0.29) is 5.82 Å². The smallest absolute Gasteiger partial charge is 0.146 e. The topological polar surface area (TPSA) is 29.3 Å². The van der Waals surface area contributed by atoms with Crippen molar-refractivity contribution in [3.63, 3.8) is 0 Å². The molecule has 2 N–H and O–H groups in total. The van der Waals surface area contributed by atoms with Crippen molar-refractivity contribution >= 4 is 11.4 Å². The van der Waals surface area contributed by atoms with Crippen LogP contribution in [0.4, 0.5) is 15.8 Å². The second-order valence-electron chi connectivity index (χ2n) is 4.72. The summed E-state index contributed by atoms with van der Waals surface area (Å²) >= 11 is 0. The lowest BCUT2D eigenvalue weighted by Crippen LogP contribution is -2.45. The monoisotopic (exact) mass is 242 g/mol. The van der Waals surface area contributed by atoms with Gasteiger partial charge in [0.2, 0.25) is 0 Å². The summed E-state index contributed by atoms with van der Waals surface area (Å²) < 4.78 is 13.7. The zero-order valence-electron chi connectivity index (χ0n) is 10.0. The molecule has 0 saturated carbocycles. The number of hydrogen-bond acceptors (Lipinski definition) is 2. The summed E-state index contributed by atoms with van der Waals surface area (Å²) in [4.78, 5) is 2.03. The quantitative estimate of drug-likeness (QED) is 0.820. The van der Waals surface area contributed by atoms with Crippen molar-refractivity contribution in [2.45, 2.75) is 5.92 Å². The molecule has 0 bridgehead atoms. The number of nitrogen functional groups attached to an aromatic ring is 1. The molecule has 2 aromatic carbocycles. The highest BCUT2D eigenvalue weighted by Crippen LogP contribution is 2.33. The minimum atomic E-state index is -0.198. The van der Waals surface area contributed by atoms with E-state index in [1.165, 1.54) is 11.6 Å². The maximum absolute atomic E-state index is 13.7. The molecule has 1 aliphatic rings. The van der Waals surface area contributed by atoms with Crippen molar-refractivity contribution in [3.8, 4) is 0 Å². The summed E-state index contributed by atoms with van der Waals surface area (Å²) in [5.41, 5.74) is 8.23. The summed E-state index contributed by atoms with van der Waals surface area (Å²) in [7, 11) is 0. The number of rotatable bonds is 2. The van der Waals surface area contributed by atoms with Crippen molar-refractivity contribution in [1.82, 2.24) is 0 Å². The third-order valence-corrected chi connectivity index (χ3v) is 3.46. The first-order valence-electron chi connectivity index (χ1n) is 6.09. The summed E-state index contributed by atoms with van der Waals surface area (Å²) in [5.74, 6) is 0.294. The summed E-state index contributed by atoms with van der Waals surface area (Å²) in [6.07, 6.45) is 0. The lowest BCUT2D eigenvalue weighted by Gasteiger charge is -2.41. The molecule has 3 rings (SSSR count). The normalized spacial score (nSPS) is 15.5. The van der Waals surface area contributed by atoms with Crippen molar-refractivity contribution in [2.24, 2.45) is 0 Å². The molecule has 0 radical (unpaired) electrons. The first-order chi connectivity index (χ1) is 8.74. The Labute approximate surface area is 106 Å². The van der Waals surface area contributed by atoms with Crippen molar-refractivity contribution in [3.05, 3.63) is 59.9 Å². The highest BCUT2D eigenvalue weighted by molar-refractivity contribution is 5.59. The van der Waals surface area contributed by atoms with Crippen LogP contribution in [0.25, 0.3) is 0 Å². The molecule has 0 unspecified atom stereocenters. The Morgan fingerprint density at radius 2 is 1.78 bits per heavy atom. The Morgan fingerprint density at radius 3 is 2.50 bits per heavy atom. The molecule has 0 aliphatic carbocycles. The van der Waals surface area contributed by atoms with Gasteiger partial charge in [-0.05, 0) is 23.8 Å². The van der Waals surface area contributed by atoms with E-state index in [9.17, 15) is 4.39 Å². The Hall–Kier alpha value is -2.03. The van der Waals surface area contributed by atoms with Gasteiger partial charge in [-0.25, -0.2) is 4.39 Å². The van der Waals surface area contributed by atoms with Crippen molar-refractivity contribution in [1.29, 1.82) is 0 Å². The second kappa shape index (κ2) is 4.33. The van der Waals surface area contributed by atoms with Gasteiger partial charge in [-0.2, -0.15) is 0 Å². The largest absolute Gasteiger partial charge is 0.399 e. The van der Waals surface area contributed by atoms with Gasteiger partial charge in [0.05, 0.1) is 5.69 Å². The number of nitrogens with two attached hydrogens (primary N) is 1. The van der Waals surface area contributed by atoms with Gasteiger partial charge in [0.15, 0.2) is 0 Å². The summed E-state index contributed by atoms with van der Waals surface area (Å²) in [6.45, 7) is 1.70. The van der Waals surface area contributed by atoms with Crippen LogP contribution in [0.3, 0.4) is 0 Å². The van der Waals surface area contributed by atoms with Gasteiger partial charge < -0.3 is 10.6 Å². The lowest BCUT2D eigenvalue weighted by atomic mass is 9.91. The van der Waals surface area contributed by atoms with E-state index in [2.05, 4.69) is 12.1 Å². The Morgan fingerprint density at radius 1 is 1.06 bits per heavy atom. The van der Waals surface area contributed by atoms with E-state index < -0.39 is 0 Å². The van der Waals surface area contributed by atoms with Crippen LogP contribution in [0.1, 0.15) is 11.5 Å². The molecule has 2 aromatic rings. The van der Waals surface area contributed by atoms with E-state index in [1.54, 1.807) is 12.1 Å². The van der Waals surface area contributed by atoms with Crippen LogP contribution in [0.5, 0.6) is 0 Å². The molecule has 0 atom stereocenters. The maximum Gasteiger partial charge on any atom is 0.146 e. The van der Waals surface area contributed by atoms with Gasteiger partial charge in [0.1, 0.15) is 5.82 Å². The lowest BCUT2D eigenvalue weighted by molar-refractivity contribution is 0.509. The molecular formula is C15H15FN2. The maximum atomic E-state index is 13.7. The first-order valence-corrected chi connectivity index (χ1v) is 6.09. The van der Waals surface area contributed by atoms with Gasteiger partial charge in [0, 0.05) is 24.7 Å². The number of halogens is 1. The zero-order chi connectivity index (χ0) is 12.5. The molecule has 0 aromatic heterocycles. The van der Waals surface area contributed by atoms with Gasteiger partial charge in [-0.15, -0.1) is 0 Å². The molecule has 0 amide bonds. The zero-order valence-corrected chi connectivity index (χ0v) is 10.0. The standard InChI is InChI=1S/C15H15FN2/c16-14-7-6-13(17)8-15(14)18-9-12(10-18)11-4-2-1-3-5-11/h1-8,12H,9-10,17H2. The highest BCUT2D eigenvalue weighted by atomic mass is 19.1. The molecule has 1 fully saturated rings. The summed E-state index contributed by atoms with van der Waals surface area (Å²) in [5, 5.41) is 0. The molecule has 1 saturated heterocycles. The fourth-order valence-corrected chi connectivity index (χ4v) is 2.38. The molecule has 2 nitrogen and oxygen atoms in total. The van der Waals surface area contributed by atoms with Crippen LogP contribution < -0.4 is 10.6 Å². The van der Waals surface area contributed by atoms with Gasteiger partial charge in [-0.1, -0.05) is 30.3 Å². The van der Waals surface area contributed by atoms with Gasteiger partial charge >= 0.3 is 0 Å². The van der Waals surface area contributed by atoms with Crippen LogP contribution in [-0.2, 0) is 0 Å². The average Bonchev–Trinajstić information content (AvgIpc) is 2.33. The number of hydrogen-bond donors (Lipinski definition) is 1. The van der Waals surface area contributed by atoms with Crippen LogP contribution >= 0.6 is 0 Å². The van der Waals surface area contributed by atoms with Gasteiger partial charge in [-0.3, -0.25) is 0 Å². The minimum absolute atomic E-state index is 0.198. The molecule has 1 aliphatic heterocycles. The van der Waals surface area contributed by atoms with E-state index in [0.29, 0.717) is 17.3 Å². The third-order valence-electron chi connectivity index (χ3n) is 3.46. The van der Waals surface area contributed by atoms with Crippen molar-refractivity contribution in [2.75, 3.05) is 23.7 Å². The second-order valence-corrected chi connectivity index (χ2v) is 4.72. The predicted octanol–water partition coefficient (Wildman–Crippen LogP) is 3.01. The number of nitrogens with zero attached hydrogens (tertiary/aromatic N) is 1.